The van der Waals surface area contributed by atoms with Gasteiger partial charge in [0.15, 0.2) is 11.5 Å². The molecule has 1 heterocycles. The number of benzene rings is 2. The number of hydrogen-bond donors (Lipinski definition) is 3. The molecule has 0 aliphatic rings. The van der Waals surface area contributed by atoms with Crippen LogP contribution < -0.4 is 15.2 Å². The van der Waals surface area contributed by atoms with Crippen LogP contribution in [0.3, 0.4) is 0 Å². The smallest absolute Gasteiger partial charge is 0.161 e. The van der Waals surface area contributed by atoms with Crippen molar-refractivity contribution in [2.45, 2.75) is 26.6 Å². The van der Waals surface area contributed by atoms with Crippen molar-refractivity contribution in [3.63, 3.8) is 0 Å². The normalized spacial score (nSPS) is 10.7. The Morgan fingerprint density at radius 2 is 1.83 bits per heavy atom. The van der Waals surface area contributed by atoms with E-state index in [1.807, 2.05) is 19.9 Å². The van der Waals surface area contributed by atoms with E-state index in [4.69, 9.17) is 15.2 Å². The molecule has 3 aromatic rings. The molecule has 0 bridgehead atoms. The summed E-state index contributed by atoms with van der Waals surface area (Å²) < 4.78 is 10.9. The second-order valence-corrected chi connectivity index (χ2v) is 6.96. The highest BCUT2D eigenvalue weighted by molar-refractivity contribution is 5.81. The van der Waals surface area contributed by atoms with Crippen LogP contribution in [-0.4, -0.2) is 28.4 Å². The number of anilines is 1. The maximum Gasteiger partial charge on any atom is 0.161 e. The maximum atomic E-state index is 9.85. The van der Waals surface area contributed by atoms with Crippen molar-refractivity contribution >= 4 is 5.82 Å². The molecule has 2 aromatic carbocycles. The van der Waals surface area contributed by atoms with Gasteiger partial charge in [0.1, 0.15) is 23.2 Å². The lowest BCUT2D eigenvalue weighted by molar-refractivity contribution is 0.225. The number of phenolic OH excluding ortho intramolecular Hbond substituents is 1. The van der Waals surface area contributed by atoms with Crippen LogP contribution in [0.2, 0.25) is 0 Å². The lowest BCUT2D eigenvalue weighted by atomic mass is 9.96. The van der Waals surface area contributed by atoms with E-state index in [9.17, 15) is 15.5 Å². The summed E-state index contributed by atoms with van der Waals surface area (Å²) >= 11 is 0. The Labute approximate surface area is 175 Å². The molecule has 0 amide bonds. The van der Waals surface area contributed by atoms with Crippen molar-refractivity contribution in [1.82, 2.24) is 4.98 Å². The Bertz CT molecular complexity index is 1120. The lowest BCUT2D eigenvalue weighted by Gasteiger charge is -2.16. The maximum absolute atomic E-state index is 9.85. The van der Waals surface area contributed by atoms with Gasteiger partial charge in [-0.1, -0.05) is 6.07 Å². The number of aliphatic hydroxyl groups excluding tert-OH is 1. The molecule has 0 unspecified atom stereocenters. The third-order valence-electron chi connectivity index (χ3n) is 4.54. The van der Waals surface area contributed by atoms with Gasteiger partial charge in [-0.3, -0.25) is 0 Å². The van der Waals surface area contributed by atoms with Gasteiger partial charge >= 0.3 is 0 Å². The van der Waals surface area contributed by atoms with Crippen LogP contribution in [0.15, 0.2) is 42.5 Å². The molecule has 0 saturated heterocycles. The number of hydrogen-bond acceptors (Lipinski definition) is 7. The van der Waals surface area contributed by atoms with Crippen molar-refractivity contribution in [2.75, 3.05) is 12.8 Å². The van der Waals surface area contributed by atoms with Gasteiger partial charge in [-0.25, -0.2) is 4.98 Å². The minimum atomic E-state index is -0.208. The Hall–Kier alpha value is -3.76. The summed E-state index contributed by atoms with van der Waals surface area (Å²) in [5.41, 5.74) is 9.41. The number of nitriles is 1. The molecule has 0 spiro atoms. The highest BCUT2D eigenvalue weighted by Gasteiger charge is 2.16. The number of rotatable bonds is 6. The molecule has 1 aromatic heterocycles. The predicted molar refractivity (Wildman–Crippen MR) is 114 cm³/mol. The summed E-state index contributed by atoms with van der Waals surface area (Å²) in [6.45, 7) is 3.61. The van der Waals surface area contributed by atoms with Gasteiger partial charge in [0.25, 0.3) is 0 Å². The lowest BCUT2D eigenvalue weighted by Crippen LogP contribution is -2.07. The van der Waals surface area contributed by atoms with Crippen LogP contribution in [0.4, 0.5) is 5.82 Å². The molecule has 7 nitrogen and oxygen atoms in total. The van der Waals surface area contributed by atoms with Crippen LogP contribution in [0.25, 0.3) is 22.4 Å². The fourth-order valence-electron chi connectivity index (χ4n) is 3.13. The highest BCUT2D eigenvalue weighted by Crippen LogP contribution is 2.36. The second kappa shape index (κ2) is 8.72. The van der Waals surface area contributed by atoms with E-state index in [1.165, 1.54) is 13.2 Å². The van der Waals surface area contributed by atoms with Crippen molar-refractivity contribution in [2.24, 2.45) is 0 Å². The molecule has 3 rings (SSSR count). The van der Waals surface area contributed by atoms with Gasteiger partial charge in [-0.2, -0.15) is 5.26 Å². The average Bonchev–Trinajstić information content (AvgIpc) is 2.73. The first kappa shape index (κ1) is 21.0. The molecule has 0 radical (unpaired) electrons. The molecule has 0 aliphatic carbocycles. The number of methoxy groups -OCH3 is 1. The number of nitrogens with zero attached hydrogens (tertiary/aromatic N) is 2. The van der Waals surface area contributed by atoms with Crippen LogP contribution >= 0.6 is 0 Å². The molecule has 4 N–H and O–H groups in total. The van der Waals surface area contributed by atoms with Crippen molar-refractivity contribution in [3.8, 4) is 45.7 Å². The van der Waals surface area contributed by atoms with Gasteiger partial charge in [0.05, 0.1) is 25.5 Å². The molecule has 7 heteroatoms. The van der Waals surface area contributed by atoms with Crippen molar-refractivity contribution in [1.29, 1.82) is 5.26 Å². The molecule has 0 saturated carbocycles. The number of aromatic nitrogens is 1. The average molecular weight is 405 g/mol. The first-order valence-corrected chi connectivity index (χ1v) is 9.36. The predicted octanol–water partition coefficient (Wildman–Crippen LogP) is 3.86. The minimum Gasteiger partial charge on any atom is -0.504 e. The Morgan fingerprint density at radius 3 is 2.47 bits per heavy atom. The number of nitrogens with two attached hydrogens (primary N) is 1. The van der Waals surface area contributed by atoms with E-state index in [1.54, 1.807) is 30.3 Å². The third-order valence-corrected chi connectivity index (χ3v) is 4.54. The quantitative estimate of drug-likeness (QED) is 0.569. The molecule has 0 atom stereocenters. The van der Waals surface area contributed by atoms with Crippen LogP contribution in [0.1, 0.15) is 25.0 Å². The van der Waals surface area contributed by atoms with Crippen LogP contribution in [-0.2, 0) is 6.61 Å². The van der Waals surface area contributed by atoms with E-state index < -0.39 is 0 Å². The zero-order chi connectivity index (χ0) is 21.8. The molecular weight excluding hydrogens is 382 g/mol. The van der Waals surface area contributed by atoms with E-state index in [0.29, 0.717) is 39.4 Å². The monoisotopic (exact) mass is 405 g/mol. The topological polar surface area (TPSA) is 122 Å². The first-order chi connectivity index (χ1) is 14.4. The number of ether oxygens (including phenoxy) is 2. The molecule has 154 valence electrons. The SMILES string of the molecule is COc1cc(-c2cc(-c3ccc(OC(C)C)c(CO)c3)c(C#N)c(N)n2)ccc1O. The summed E-state index contributed by atoms with van der Waals surface area (Å²) in [5.74, 6) is 0.985. The zero-order valence-electron chi connectivity index (χ0n) is 17.0. The number of nitrogen functional groups attached to an aromatic ring is 1. The largest absolute Gasteiger partial charge is 0.504 e. The third kappa shape index (κ3) is 4.14. The standard InChI is InChI=1S/C23H23N3O4/c1-13(2)30-21-7-5-14(8-16(21)12-27)17-10-19(26-23(25)18(17)11-24)15-4-6-20(28)22(9-15)29-3/h4-10,13,27-28H,12H2,1-3H3,(H2,25,26). The fraction of sp³-hybridized carbons (Fsp3) is 0.217. The van der Waals surface area contributed by atoms with Crippen LogP contribution in [0, 0.1) is 11.3 Å². The highest BCUT2D eigenvalue weighted by atomic mass is 16.5. The van der Waals surface area contributed by atoms with E-state index in [2.05, 4.69) is 11.1 Å². The number of pyridine rings is 1. The van der Waals surface area contributed by atoms with E-state index in [0.717, 1.165) is 0 Å². The zero-order valence-corrected chi connectivity index (χ0v) is 17.0. The van der Waals surface area contributed by atoms with E-state index >= 15 is 0 Å². The molecule has 0 fully saturated rings. The summed E-state index contributed by atoms with van der Waals surface area (Å²) in [4.78, 5) is 4.35. The molecular formula is C23H23N3O4. The summed E-state index contributed by atoms with van der Waals surface area (Å²) in [5, 5.41) is 29.3. The molecule has 0 aliphatic heterocycles. The number of aliphatic hydroxyl groups is 1. The molecule has 30 heavy (non-hydrogen) atoms. The Balaban J connectivity index is 2.17. The summed E-state index contributed by atoms with van der Waals surface area (Å²) in [6.07, 6.45) is -0.0385. The fourth-order valence-corrected chi connectivity index (χ4v) is 3.13. The van der Waals surface area contributed by atoms with Gasteiger partial charge in [-0.05, 0) is 55.8 Å². The second-order valence-electron chi connectivity index (χ2n) is 6.96. The van der Waals surface area contributed by atoms with Crippen LogP contribution in [0.5, 0.6) is 17.2 Å². The van der Waals surface area contributed by atoms with Gasteiger partial charge in [-0.15, -0.1) is 0 Å². The summed E-state index contributed by atoms with van der Waals surface area (Å²) in [7, 11) is 1.46. The van der Waals surface area contributed by atoms with Gasteiger partial charge < -0.3 is 25.4 Å². The summed E-state index contributed by atoms with van der Waals surface area (Å²) in [6, 6.07) is 14.1. The van der Waals surface area contributed by atoms with Crippen molar-refractivity contribution in [3.05, 3.63) is 53.6 Å². The minimum absolute atomic E-state index is 0.0106. The first-order valence-electron chi connectivity index (χ1n) is 9.36. The Kier molecular flexibility index (Phi) is 6.09. The van der Waals surface area contributed by atoms with Gasteiger partial charge in [0.2, 0.25) is 0 Å². The number of phenols is 1. The number of aromatic hydroxyl groups is 1. The van der Waals surface area contributed by atoms with Gasteiger partial charge in [0, 0.05) is 16.7 Å². The Morgan fingerprint density at radius 1 is 1.10 bits per heavy atom. The van der Waals surface area contributed by atoms with E-state index in [-0.39, 0.29) is 29.8 Å². The van der Waals surface area contributed by atoms with Crippen molar-refractivity contribution < 1.29 is 19.7 Å².